The highest BCUT2D eigenvalue weighted by Crippen LogP contribution is 2.44. The lowest BCUT2D eigenvalue weighted by molar-refractivity contribution is -0.384. The van der Waals surface area contributed by atoms with Gasteiger partial charge in [-0.2, -0.15) is 10.2 Å². The molecule has 2 aliphatic heterocycles. The van der Waals surface area contributed by atoms with Gasteiger partial charge in [0.1, 0.15) is 84.5 Å². The van der Waals surface area contributed by atoms with Crippen LogP contribution in [-0.4, -0.2) is 185 Å². The summed E-state index contributed by atoms with van der Waals surface area (Å²) in [5.74, 6) is -1.52. The number of carbonyl (C=O) groups excluding carboxylic acids is 4. The van der Waals surface area contributed by atoms with Gasteiger partial charge in [0.15, 0.2) is 6.29 Å². The molecule has 6 atom stereocenters. The Hall–Kier alpha value is -10.7. The number of aromatic nitrogens is 3. The number of non-ortho nitro benzene ring substituents is 1. The molecule has 8 N–H and O–H groups in total. The second-order valence-electron chi connectivity index (χ2n) is 24.6. The number of nitrogens with zero attached hydrogens (tertiary/aromatic N) is 11. The summed E-state index contributed by atoms with van der Waals surface area (Å²) < 4.78 is 38.3. The van der Waals surface area contributed by atoms with Gasteiger partial charge in [-0.25, -0.2) is 4.58 Å². The molecule has 0 unspecified atom stereocenters. The summed E-state index contributed by atoms with van der Waals surface area (Å²) in [4.78, 5) is 67.8. The third kappa shape index (κ3) is 19.9. The molecule has 31 heteroatoms. The molecule has 102 heavy (non-hydrogen) atoms. The van der Waals surface area contributed by atoms with E-state index >= 15 is 0 Å². The molecule has 0 saturated carbocycles. The van der Waals surface area contributed by atoms with Crippen LogP contribution in [-0.2, 0) is 37.0 Å². The number of carboxylic acids is 1. The maximum Gasteiger partial charge on any atom is 0.269 e. The minimum atomic E-state index is -1.60. The Labute approximate surface area is 587 Å². The lowest BCUT2D eigenvalue weighted by Gasteiger charge is -2.40. The first-order valence-electron chi connectivity index (χ1n) is 33.2. The minimum absolute atomic E-state index is 0.0162. The average molecular weight is 1400 g/mol. The van der Waals surface area contributed by atoms with Crippen LogP contribution >= 0.6 is 0 Å². The maximum atomic E-state index is 13.9. The van der Waals surface area contributed by atoms with Crippen LogP contribution in [0.2, 0.25) is 0 Å². The lowest BCUT2D eigenvalue weighted by Crippen LogP contribution is -2.59. The predicted molar refractivity (Wildman–Crippen MR) is 376 cm³/mol. The number of aliphatic hydroxyl groups is 3. The molecule has 31 nitrogen and oxygen atoms in total. The first-order chi connectivity index (χ1) is 49.1. The number of unbranched alkanes of at least 4 members (excludes halogenated alkanes) is 1. The van der Waals surface area contributed by atoms with Crippen LogP contribution in [0.15, 0.2) is 146 Å². The van der Waals surface area contributed by atoms with Crippen LogP contribution in [0.3, 0.4) is 0 Å². The highest BCUT2D eigenvalue weighted by molar-refractivity contribution is 6.09. The van der Waals surface area contributed by atoms with Gasteiger partial charge >= 0.3 is 0 Å². The van der Waals surface area contributed by atoms with Gasteiger partial charge in [-0.15, -0.1) is 15.3 Å². The van der Waals surface area contributed by atoms with Crippen LogP contribution in [0.25, 0.3) is 33.4 Å². The van der Waals surface area contributed by atoms with Crippen molar-refractivity contribution in [3.8, 4) is 33.9 Å². The lowest BCUT2D eigenvalue weighted by atomic mass is 9.89. The number of methoxy groups -OCH3 is 2. The standard InChI is InChI=1S/C71H85N15O16/c1-82(2)49-24-27-52-58(36-49)101-59-37-50(83(3)4)25-28-53(59)64(52)51-26-15-43(35-54(51)70(93)94)68(91)75-55(13-8-9-29-72)69(92)74-30-11-33-85-40-46(78-81-85)41-99-42-62-65(88)66(89)67(90)71(102-62)100-34-12-31-73-63(87)14-10-32-84(5)47-20-16-44(17-21-47)76-79-56-38-61(98-7)57(39-60(56)97-6)80-77-45-18-22-48(23-19-45)86(95)96/h15-28,35-40,55,62,65-67,71,88-90H,8-14,29-34,41-42,72H2,1-7H3,(H3-,73,74,75,87,91,92,93,94)/b79-76+,80-77+/t55-,62-,65-,66+,67-,71-/m1/s1. The Kier molecular flexibility index (Phi) is 26.7. The number of aromatic carboxylic acids is 1. The van der Waals surface area contributed by atoms with Crippen LogP contribution in [0.1, 0.15) is 71.4 Å². The number of hydrogen-bond acceptors (Lipinski definition) is 25. The molecule has 1 aliphatic carbocycles. The Morgan fingerprint density at radius 3 is 2.10 bits per heavy atom. The number of hydrogen-bond donors (Lipinski definition) is 7. The predicted octanol–water partition coefficient (Wildman–Crippen LogP) is 6.21. The number of nitrogens with two attached hydrogens (primary N) is 1. The van der Waals surface area contributed by atoms with E-state index in [9.17, 15) is 49.7 Å². The van der Waals surface area contributed by atoms with Gasteiger partial charge in [0, 0.05) is 129 Å². The molecule has 0 spiro atoms. The van der Waals surface area contributed by atoms with E-state index in [4.69, 9.17) is 33.8 Å². The summed E-state index contributed by atoms with van der Waals surface area (Å²) >= 11 is 0. The molecule has 6 aromatic rings. The number of nitrogens with one attached hydrogen (secondary N) is 3. The summed E-state index contributed by atoms with van der Waals surface area (Å²) in [6, 6.07) is 30.9. The number of amides is 3. The Morgan fingerprint density at radius 2 is 1.44 bits per heavy atom. The van der Waals surface area contributed by atoms with Gasteiger partial charge in [0.05, 0.1) is 68.6 Å². The second-order valence-corrected chi connectivity index (χ2v) is 24.6. The number of aliphatic hydroxyl groups excluding tert-OH is 3. The van der Waals surface area contributed by atoms with E-state index in [0.717, 1.165) is 16.7 Å². The number of nitro groups is 1. The van der Waals surface area contributed by atoms with Crippen molar-refractivity contribution in [2.75, 3.05) is 98.7 Å². The molecule has 540 valence electrons. The zero-order valence-corrected chi connectivity index (χ0v) is 57.8. The van der Waals surface area contributed by atoms with Crippen molar-refractivity contribution in [3.05, 3.63) is 154 Å². The molecule has 1 saturated heterocycles. The van der Waals surface area contributed by atoms with E-state index in [-0.39, 0.29) is 68.5 Å². The SMILES string of the molecule is COc1cc(/N=N/c2ccc([N+](=O)[O-])cc2)c(OC)cc1/N=N/c1ccc(N(C)CCCC(=O)NCCCO[C@@H]2O[C@H](COCc3cn(CCCNC(=O)[C@@H](CCCCN)NC(=O)c4ccc(-c5c6ccc(=[N+](C)C)cc-6oc6cc(N(C)C)ccc56)c(C(=O)[O-])c4)nn3)[C@@H](O)[C@H](O)[C@H]2O)cc1. The Bertz CT molecular complexity index is 4310. The van der Waals surface area contributed by atoms with Gasteiger partial charge in [-0.3, -0.25) is 29.2 Å². The number of nitro benzene ring substituents is 1. The van der Waals surface area contributed by atoms with Crippen molar-refractivity contribution in [2.24, 2.45) is 26.2 Å². The fourth-order valence-electron chi connectivity index (χ4n) is 11.2. The van der Waals surface area contributed by atoms with E-state index in [0.29, 0.717) is 125 Å². The zero-order chi connectivity index (χ0) is 73.0. The maximum absolute atomic E-state index is 13.9. The van der Waals surface area contributed by atoms with Crippen LogP contribution in [0.5, 0.6) is 11.5 Å². The largest absolute Gasteiger partial charge is 0.545 e. The average Bonchev–Trinajstić information content (AvgIpc) is 0.889. The van der Waals surface area contributed by atoms with Gasteiger partial charge in [0.25, 0.3) is 11.6 Å². The van der Waals surface area contributed by atoms with Crippen molar-refractivity contribution >= 4 is 74.5 Å². The van der Waals surface area contributed by atoms with Gasteiger partial charge in [-0.05, 0) is 117 Å². The van der Waals surface area contributed by atoms with Crippen molar-refractivity contribution in [2.45, 2.75) is 94.8 Å². The quantitative estimate of drug-likeness (QED) is 0.00579. The number of benzene rings is 6. The molecular weight excluding hydrogens is 1320 g/mol. The van der Waals surface area contributed by atoms with Crippen LogP contribution < -0.4 is 56.0 Å². The summed E-state index contributed by atoms with van der Waals surface area (Å²) in [6.07, 6.45) is -2.41. The van der Waals surface area contributed by atoms with E-state index in [1.54, 1.807) is 41.2 Å². The number of rotatable bonds is 35. The molecule has 1 aromatic heterocycles. The summed E-state index contributed by atoms with van der Waals surface area (Å²) in [5, 5.41) is 91.6. The van der Waals surface area contributed by atoms with E-state index in [2.05, 4.69) is 46.7 Å². The monoisotopic (exact) mass is 1400 g/mol. The number of ether oxygens (including phenoxy) is 5. The van der Waals surface area contributed by atoms with E-state index < -0.39 is 59.5 Å². The van der Waals surface area contributed by atoms with Crippen molar-refractivity contribution in [1.82, 2.24) is 35.5 Å². The number of aryl methyl sites for hydroxylation is 1. The van der Waals surface area contributed by atoms with Crippen molar-refractivity contribution < 1.29 is 72.6 Å². The van der Waals surface area contributed by atoms with Crippen molar-refractivity contribution in [3.63, 3.8) is 0 Å². The third-order valence-corrected chi connectivity index (χ3v) is 16.9. The summed E-state index contributed by atoms with van der Waals surface area (Å²) in [6.45, 7) is 1.58. The van der Waals surface area contributed by atoms with Crippen LogP contribution in [0.4, 0.5) is 39.8 Å². The van der Waals surface area contributed by atoms with Gasteiger partial charge in [0.2, 0.25) is 17.2 Å². The number of azo groups is 2. The number of fused-ring (bicyclic) bond motifs is 2. The molecule has 1 fully saturated rings. The number of carboxylic acid groups (broad SMARTS) is 1. The molecule has 0 bridgehead atoms. The Morgan fingerprint density at radius 1 is 0.765 bits per heavy atom. The summed E-state index contributed by atoms with van der Waals surface area (Å²) in [7, 11) is 12.5. The highest BCUT2D eigenvalue weighted by Gasteiger charge is 2.44. The molecule has 3 heterocycles. The van der Waals surface area contributed by atoms with Gasteiger partial charge in [-0.1, -0.05) is 11.3 Å². The molecule has 0 radical (unpaired) electrons. The fraction of sp³-hybridized carbons (Fsp3) is 0.394. The molecule has 5 aromatic carbocycles. The zero-order valence-electron chi connectivity index (χ0n) is 57.8. The number of anilines is 2. The first kappa shape index (κ1) is 75.5. The molecule has 3 aliphatic rings. The number of carbonyl (C=O) groups is 4. The summed E-state index contributed by atoms with van der Waals surface area (Å²) in [5.41, 5.74) is 11.5. The Balaban J connectivity index is 0.674. The van der Waals surface area contributed by atoms with Gasteiger partial charge < -0.3 is 84.8 Å². The molecule has 9 rings (SSSR count). The highest BCUT2D eigenvalue weighted by atomic mass is 16.7. The van der Waals surface area contributed by atoms with Crippen LogP contribution in [0, 0.1) is 10.1 Å². The smallest absolute Gasteiger partial charge is 0.269 e. The third-order valence-electron chi connectivity index (χ3n) is 16.9. The molecule has 3 amide bonds. The second kappa shape index (κ2) is 36.1. The topological polar surface area (TPSA) is 406 Å². The first-order valence-corrected chi connectivity index (χ1v) is 33.2. The van der Waals surface area contributed by atoms with E-state index in [1.807, 2.05) is 98.1 Å². The fourth-order valence-corrected chi connectivity index (χ4v) is 11.2. The van der Waals surface area contributed by atoms with Crippen molar-refractivity contribution in [1.29, 1.82) is 0 Å². The minimum Gasteiger partial charge on any atom is -0.545 e. The molecular formula is C71H85N15O16. The normalized spacial score (nSPS) is 16.3. The van der Waals surface area contributed by atoms with E-state index in [1.165, 1.54) is 50.6 Å².